The third-order valence-corrected chi connectivity index (χ3v) is 3.13. The third-order valence-electron chi connectivity index (χ3n) is 3.13. The lowest BCUT2D eigenvalue weighted by Crippen LogP contribution is -2.61. The summed E-state index contributed by atoms with van der Waals surface area (Å²) >= 11 is 0. The fraction of sp³-hybridized carbons (Fsp3) is 0.538. The molecule has 3 heteroatoms. The van der Waals surface area contributed by atoms with Crippen LogP contribution in [0.3, 0.4) is 0 Å². The Morgan fingerprint density at radius 2 is 1.94 bits per heavy atom. The van der Waals surface area contributed by atoms with Crippen molar-refractivity contribution in [2.45, 2.75) is 32.4 Å². The molecule has 1 aromatic carbocycles. The van der Waals surface area contributed by atoms with Crippen molar-refractivity contribution >= 4 is 5.69 Å². The van der Waals surface area contributed by atoms with Gasteiger partial charge in [-0.05, 0) is 45.0 Å². The van der Waals surface area contributed by atoms with Crippen molar-refractivity contribution < 1.29 is 4.39 Å². The van der Waals surface area contributed by atoms with Gasteiger partial charge in [0, 0.05) is 30.4 Å². The van der Waals surface area contributed by atoms with Gasteiger partial charge in [0.2, 0.25) is 0 Å². The van der Waals surface area contributed by atoms with Crippen LogP contribution in [0.25, 0.3) is 0 Å². The Morgan fingerprint density at radius 1 is 1.31 bits per heavy atom. The summed E-state index contributed by atoms with van der Waals surface area (Å²) in [4.78, 5) is 2.33. The fourth-order valence-electron chi connectivity index (χ4n) is 2.15. The molecule has 1 N–H and O–H groups in total. The van der Waals surface area contributed by atoms with E-state index in [9.17, 15) is 4.39 Å². The quantitative estimate of drug-likeness (QED) is 0.785. The number of hydrogen-bond donors (Lipinski definition) is 1. The van der Waals surface area contributed by atoms with Crippen LogP contribution in [0.4, 0.5) is 10.1 Å². The monoisotopic (exact) mass is 222 g/mol. The maximum absolute atomic E-state index is 12.9. The fourth-order valence-corrected chi connectivity index (χ4v) is 2.15. The Bertz CT molecular complexity index is 359. The van der Waals surface area contributed by atoms with Crippen molar-refractivity contribution in [2.24, 2.45) is 0 Å². The molecule has 2 rings (SSSR count). The predicted octanol–water partition coefficient (Wildman–Crippen LogP) is 2.40. The summed E-state index contributed by atoms with van der Waals surface area (Å²) in [6, 6.07) is 7.20. The van der Waals surface area contributed by atoms with Crippen LogP contribution < -0.4 is 10.2 Å². The molecule has 0 saturated carbocycles. The van der Waals surface area contributed by atoms with E-state index in [4.69, 9.17) is 0 Å². The molecule has 1 aliphatic rings. The molecule has 0 radical (unpaired) electrons. The molecule has 0 bridgehead atoms. The van der Waals surface area contributed by atoms with Gasteiger partial charge in [0.1, 0.15) is 5.82 Å². The second-order valence-electron chi connectivity index (χ2n) is 5.22. The number of halogens is 1. The molecular formula is C13H19FN2. The number of anilines is 1. The maximum atomic E-state index is 12.9. The number of nitrogens with one attached hydrogen (secondary N) is 1. The third kappa shape index (κ3) is 2.35. The lowest BCUT2D eigenvalue weighted by molar-refractivity contribution is 0.318. The van der Waals surface area contributed by atoms with Crippen molar-refractivity contribution in [3.8, 4) is 0 Å². The van der Waals surface area contributed by atoms with E-state index in [1.165, 1.54) is 12.1 Å². The largest absolute Gasteiger partial charge is 0.366 e. The molecule has 0 amide bonds. The van der Waals surface area contributed by atoms with E-state index in [-0.39, 0.29) is 11.4 Å². The van der Waals surface area contributed by atoms with Crippen LogP contribution in [-0.4, -0.2) is 24.7 Å². The highest BCUT2D eigenvalue weighted by molar-refractivity contribution is 5.48. The topological polar surface area (TPSA) is 15.3 Å². The summed E-state index contributed by atoms with van der Waals surface area (Å²) < 4.78 is 12.9. The maximum Gasteiger partial charge on any atom is 0.123 e. The van der Waals surface area contributed by atoms with E-state index >= 15 is 0 Å². The molecule has 0 spiro atoms. The first-order valence-corrected chi connectivity index (χ1v) is 5.75. The minimum Gasteiger partial charge on any atom is -0.366 e. The summed E-state index contributed by atoms with van der Waals surface area (Å²) in [6.07, 6.45) is 0. The first-order valence-electron chi connectivity index (χ1n) is 5.75. The Balaban J connectivity index is 2.21. The van der Waals surface area contributed by atoms with Crippen LogP contribution in [0.2, 0.25) is 0 Å². The van der Waals surface area contributed by atoms with Gasteiger partial charge < -0.3 is 10.2 Å². The second-order valence-corrected chi connectivity index (χ2v) is 5.22. The molecule has 1 fully saturated rings. The summed E-state index contributed by atoms with van der Waals surface area (Å²) in [5.41, 5.74) is 1.21. The van der Waals surface area contributed by atoms with Crippen LogP contribution in [0, 0.1) is 5.82 Å². The van der Waals surface area contributed by atoms with Gasteiger partial charge in [-0.25, -0.2) is 4.39 Å². The molecule has 2 nitrogen and oxygen atoms in total. The summed E-state index contributed by atoms with van der Waals surface area (Å²) in [7, 11) is 0. The zero-order valence-corrected chi connectivity index (χ0v) is 10.1. The van der Waals surface area contributed by atoms with Crippen LogP contribution in [-0.2, 0) is 0 Å². The Hall–Kier alpha value is -1.09. The lowest BCUT2D eigenvalue weighted by Gasteiger charge is -2.44. The van der Waals surface area contributed by atoms with Gasteiger partial charge >= 0.3 is 0 Å². The van der Waals surface area contributed by atoms with Crippen molar-refractivity contribution in [2.75, 3.05) is 18.0 Å². The average molecular weight is 222 g/mol. The number of hydrogen-bond acceptors (Lipinski definition) is 2. The molecule has 0 aliphatic carbocycles. The van der Waals surface area contributed by atoms with Crippen LogP contribution in [0.5, 0.6) is 0 Å². The molecule has 88 valence electrons. The Labute approximate surface area is 96.5 Å². The first-order chi connectivity index (χ1) is 7.48. The molecule has 1 aliphatic heterocycles. The predicted molar refractivity (Wildman–Crippen MR) is 65.3 cm³/mol. The van der Waals surface area contributed by atoms with Gasteiger partial charge in [-0.2, -0.15) is 0 Å². The first kappa shape index (κ1) is 11.4. The van der Waals surface area contributed by atoms with E-state index < -0.39 is 0 Å². The van der Waals surface area contributed by atoms with Crippen LogP contribution >= 0.6 is 0 Å². The summed E-state index contributed by atoms with van der Waals surface area (Å²) in [6.45, 7) is 8.47. The Morgan fingerprint density at radius 3 is 2.56 bits per heavy atom. The van der Waals surface area contributed by atoms with Crippen molar-refractivity contribution in [3.63, 3.8) is 0 Å². The zero-order valence-electron chi connectivity index (χ0n) is 10.1. The highest BCUT2D eigenvalue weighted by Gasteiger charge is 2.30. The van der Waals surface area contributed by atoms with E-state index in [2.05, 4.69) is 31.0 Å². The second kappa shape index (κ2) is 4.06. The normalized spacial score (nSPS) is 24.5. The Kier molecular flexibility index (Phi) is 2.89. The number of benzene rings is 1. The van der Waals surface area contributed by atoms with E-state index in [0.29, 0.717) is 6.04 Å². The van der Waals surface area contributed by atoms with Gasteiger partial charge in [0.15, 0.2) is 0 Å². The zero-order chi connectivity index (χ0) is 11.8. The molecule has 1 saturated heterocycles. The number of nitrogens with zero attached hydrogens (tertiary/aromatic N) is 1. The molecule has 0 aromatic heterocycles. The van der Waals surface area contributed by atoms with Crippen LogP contribution in [0.15, 0.2) is 24.3 Å². The average Bonchev–Trinajstić information content (AvgIpc) is 2.23. The van der Waals surface area contributed by atoms with Gasteiger partial charge in [0.05, 0.1) is 0 Å². The van der Waals surface area contributed by atoms with Crippen molar-refractivity contribution in [1.82, 2.24) is 5.32 Å². The van der Waals surface area contributed by atoms with Crippen LogP contribution in [0.1, 0.15) is 20.8 Å². The van der Waals surface area contributed by atoms with Crippen molar-refractivity contribution in [1.29, 1.82) is 0 Å². The molecule has 1 aromatic rings. The molecule has 1 heterocycles. The summed E-state index contributed by atoms with van der Waals surface area (Å²) in [5, 5.41) is 3.50. The number of rotatable bonds is 1. The van der Waals surface area contributed by atoms with E-state index in [0.717, 1.165) is 18.8 Å². The van der Waals surface area contributed by atoms with E-state index in [1.807, 2.05) is 12.1 Å². The molecule has 1 unspecified atom stereocenters. The van der Waals surface area contributed by atoms with Gasteiger partial charge in [-0.3, -0.25) is 0 Å². The molecule has 16 heavy (non-hydrogen) atoms. The number of piperazine rings is 1. The molecule has 1 atom stereocenters. The molecular weight excluding hydrogens is 203 g/mol. The highest BCUT2D eigenvalue weighted by Crippen LogP contribution is 2.23. The van der Waals surface area contributed by atoms with Gasteiger partial charge in [-0.15, -0.1) is 0 Å². The standard InChI is InChI=1S/C13H19FN2/c1-10-8-15-13(2,3)9-16(10)12-6-4-11(14)5-7-12/h4-7,10,15H,8-9H2,1-3H3. The van der Waals surface area contributed by atoms with Gasteiger partial charge in [0.25, 0.3) is 0 Å². The smallest absolute Gasteiger partial charge is 0.123 e. The highest BCUT2D eigenvalue weighted by atomic mass is 19.1. The minimum atomic E-state index is -0.175. The van der Waals surface area contributed by atoms with Gasteiger partial charge in [-0.1, -0.05) is 0 Å². The van der Waals surface area contributed by atoms with E-state index in [1.54, 1.807) is 0 Å². The summed E-state index contributed by atoms with van der Waals surface area (Å²) in [5.74, 6) is -0.175. The lowest BCUT2D eigenvalue weighted by atomic mass is 9.98. The SMILES string of the molecule is CC1CNC(C)(C)CN1c1ccc(F)cc1. The van der Waals surface area contributed by atoms with Crippen molar-refractivity contribution in [3.05, 3.63) is 30.1 Å². The minimum absolute atomic E-state index is 0.112.